The third kappa shape index (κ3) is 2.99. The van der Waals surface area contributed by atoms with Gasteiger partial charge in [0.2, 0.25) is 5.95 Å². The van der Waals surface area contributed by atoms with Crippen LogP contribution in [-0.4, -0.2) is 18.2 Å². The molecule has 3 rings (SSSR count). The molecule has 0 amide bonds. The fourth-order valence-electron chi connectivity index (χ4n) is 2.00. The minimum Gasteiger partial charge on any atom is -0.490 e. The molecule has 0 saturated carbocycles. The molecule has 4 nitrogen and oxygen atoms in total. The first kappa shape index (κ1) is 12.7. The minimum atomic E-state index is -0.480. The maximum atomic E-state index is 12.7. The second-order valence-corrected chi connectivity index (χ2v) is 4.55. The van der Waals surface area contributed by atoms with Crippen molar-refractivity contribution in [1.29, 1.82) is 0 Å². The summed E-state index contributed by atoms with van der Waals surface area (Å²) in [5.41, 5.74) is 1.84. The molecular weight excluding hydrogens is 259 g/mol. The van der Waals surface area contributed by atoms with Crippen molar-refractivity contribution in [1.82, 2.24) is 4.98 Å². The van der Waals surface area contributed by atoms with E-state index in [1.165, 1.54) is 12.3 Å². The van der Waals surface area contributed by atoms with Crippen molar-refractivity contribution < 1.29 is 13.9 Å². The Morgan fingerprint density at radius 2 is 1.95 bits per heavy atom. The number of nitrogens with one attached hydrogen (secondary N) is 1. The number of ether oxygens (including phenoxy) is 2. The number of pyridine rings is 1. The summed E-state index contributed by atoms with van der Waals surface area (Å²) in [7, 11) is 0. The average Bonchev–Trinajstić information content (AvgIpc) is 2.71. The van der Waals surface area contributed by atoms with Gasteiger partial charge in [-0.15, -0.1) is 0 Å². The lowest BCUT2D eigenvalue weighted by atomic mass is 10.2. The summed E-state index contributed by atoms with van der Waals surface area (Å²) < 4.78 is 23.9. The van der Waals surface area contributed by atoms with E-state index in [9.17, 15) is 4.39 Å². The highest BCUT2D eigenvalue weighted by Gasteiger charge is 2.10. The Bertz CT molecular complexity index is 587. The highest BCUT2D eigenvalue weighted by Crippen LogP contribution is 2.30. The van der Waals surface area contributed by atoms with Crippen LogP contribution >= 0.6 is 0 Å². The third-order valence-electron chi connectivity index (χ3n) is 3.04. The number of aromatic nitrogens is 1. The lowest BCUT2D eigenvalue weighted by molar-refractivity contribution is 0.297. The summed E-state index contributed by atoms with van der Waals surface area (Å²) in [5, 5.41) is 3.19. The second-order valence-electron chi connectivity index (χ2n) is 4.55. The number of rotatable bonds is 3. The van der Waals surface area contributed by atoms with Crippen LogP contribution in [0.25, 0.3) is 0 Å². The standard InChI is InChI=1S/C15H15FN2O2/c16-15-5-3-12(10-18-15)17-9-11-2-4-13-14(8-11)20-7-1-6-19-13/h2-5,8,10,17H,1,6-7,9H2. The van der Waals surface area contributed by atoms with E-state index in [-0.39, 0.29) is 0 Å². The lowest BCUT2D eigenvalue weighted by Crippen LogP contribution is -2.01. The Kier molecular flexibility index (Phi) is 3.67. The van der Waals surface area contributed by atoms with E-state index in [1.807, 2.05) is 18.2 Å². The van der Waals surface area contributed by atoms with Gasteiger partial charge in [0.1, 0.15) is 0 Å². The number of nitrogens with zero attached hydrogens (tertiary/aromatic N) is 1. The average molecular weight is 274 g/mol. The van der Waals surface area contributed by atoms with Gasteiger partial charge in [-0.2, -0.15) is 4.39 Å². The van der Waals surface area contributed by atoms with Gasteiger partial charge in [0.15, 0.2) is 11.5 Å². The van der Waals surface area contributed by atoms with Crippen LogP contribution in [0.5, 0.6) is 11.5 Å². The summed E-state index contributed by atoms with van der Waals surface area (Å²) >= 11 is 0. The molecule has 104 valence electrons. The van der Waals surface area contributed by atoms with Crippen LogP contribution in [0.4, 0.5) is 10.1 Å². The van der Waals surface area contributed by atoms with Crippen LogP contribution in [0.1, 0.15) is 12.0 Å². The first-order valence-corrected chi connectivity index (χ1v) is 6.55. The molecular formula is C15H15FN2O2. The summed E-state index contributed by atoms with van der Waals surface area (Å²) in [6.07, 6.45) is 2.36. The molecule has 2 heterocycles. The molecule has 0 spiro atoms. The van der Waals surface area contributed by atoms with Crippen LogP contribution < -0.4 is 14.8 Å². The largest absolute Gasteiger partial charge is 0.490 e. The van der Waals surface area contributed by atoms with E-state index in [0.29, 0.717) is 19.8 Å². The van der Waals surface area contributed by atoms with Gasteiger partial charge in [-0.3, -0.25) is 0 Å². The normalized spacial score (nSPS) is 13.7. The molecule has 1 aliphatic heterocycles. The van der Waals surface area contributed by atoms with Crippen LogP contribution in [0.3, 0.4) is 0 Å². The molecule has 0 bridgehead atoms. The molecule has 0 saturated heterocycles. The van der Waals surface area contributed by atoms with Gasteiger partial charge in [-0.05, 0) is 29.8 Å². The highest BCUT2D eigenvalue weighted by atomic mass is 19.1. The van der Waals surface area contributed by atoms with Gasteiger partial charge in [-0.1, -0.05) is 6.07 Å². The molecule has 1 aromatic carbocycles. The van der Waals surface area contributed by atoms with Gasteiger partial charge in [-0.25, -0.2) is 4.98 Å². The first-order chi connectivity index (χ1) is 9.81. The predicted octanol–water partition coefficient (Wildman–Crippen LogP) is 2.99. The van der Waals surface area contributed by atoms with Crippen LogP contribution in [-0.2, 0) is 6.54 Å². The van der Waals surface area contributed by atoms with Gasteiger partial charge >= 0.3 is 0 Å². The highest BCUT2D eigenvalue weighted by molar-refractivity contribution is 5.46. The molecule has 2 aromatic rings. The summed E-state index contributed by atoms with van der Waals surface area (Å²) in [6, 6.07) is 8.85. The number of benzene rings is 1. The van der Waals surface area contributed by atoms with Gasteiger partial charge in [0.05, 0.1) is 25.1 Å². The molecule has 1 N–H and O–H groups in total. The smallest absolute Gasteiger partial charge is 0.212 e. The van der Waals surface area contributed by atoms with Crippen molar-refractivity contribution in [2.75, 3.05) is 18.5 Å². The van der Waals surface area contributed by atoms with Crippen molar-refractivity contribution in [2.45, 2.75) is 13.0 Å². The van der Waals surface area contributed by atoms with Crippen LogP contribution in [0, 0.1) is 5.95 Å². The third-order valence-corrected chi connectivity index (χ3v) is 3.04. The fourth-order valence-corrected chi connectivity index (χ4v) is 2.00. The number of hydrogen-bond donors (Lipinski definition) is 1. The second kappa shape index (κ2) is 5.77. The van der Waals surface area contributed by atoms with Crippen LogP contribution in [0.15, 0.2) is 36.5 Å². The van der Waals surface area contributed by atoms with Gasteiger partial charge in [0, 0.05) is 13.0 Å². The van der Waals surface area contributed by atoms with E-state index < -0.39 is 5.95 Å². The molecule has 0 atom stereocenters. The summed E-state index contributed by atoms with van der Waals surface area (Å²) in [6.45, 7) is 1.97. The Balaban J connectivity index is 1.68. The molecule has 0 unspecified atom stereocenters. The van der Waals surface area contributed by atoms with Gasteiger partial charge < -0.3 is 14.8 Å². The summed E-state index contributed by atoms with van der Waals surface area (Å²) in [5.74, 6) is 1.08. The SMILES string of the molecule is Fc1ccc(NCc2ccc3c(c2)OCCCO3)cn1. The zero-order chi connectivity index (χ0) is 13.8. The maximum absolute atomic E-state index is 12.7. The molecule has 0 aliphatic carbocycles. The molecule has 0 radical (unpaired) electrons. The Labute approximate surface area is 116 Å². The zero-order valence-electron chi connectivity index (χ0n) is 10.9. The minimum absolute atomic E-state index is 0.480. The number of halogens is 1. The molecule has 1 aromatic heterocycles. The fraction of sp³-hybridized carbons (Fsp3) is 0.267. The Morgan fingerprint density at radius 1 is 1.10 bits per heavy atom. The predicted molar refractivity (Wildman–Crippen MR) is 73.6 cm³/mol. The monoisotopic (exact) mass is 274 g/mol. The first-order valence-electron chi connectivity index (χ1n) is 6.55. The van der Waals surface area contributed by atoms with E-state index in [2.05, 4.69) is 10.3 Å². The van der Waals surface area contributed by atoms with Crippen molar-refractivity contribution in [3.63, 3.8) is 0 Å². The summed E-state index contributed by atoms with van der Waals surface area (Å²) in [4.78, 5) is 3.60. The molecule has 1 aliphatic rings. The number of anilines is 1. The zero-order valence-corrected chi connectivity index (χ0v) is 10.9. The quantitative estimate of drug-likeness (QED) is 0.874. The number of fused-ring (bicyclic) bond motifs is 1. The van der Waals surface area contributed by atoms with Crippen molar-refractivity contribution in [2.24, 2.45) is 0 Å². The van der Waals surface area contributed by atoms with E-state index in [4.69, 9.17) is 9.47 Å². The van der Waals surface area contributed by atoms with Crippen molar-refractivity contribution in [3.05, 3.63) is 48.0 Å². The topological polar surface area (TPSA) is 43.4 Å². The van der Waals surface area contributed by atoms with E-state index >= 15 is 0 Å². The van der Waals surface area contributed by atoms with Crippen molar-refractivity contribution in [3.8, 4) is 11.5 Å². The lowest BCUT2D eigenvalue weighted by Gasteiger charge is -2.10. The van der Waals surface area contributed by atoms with E-state index in [1.54, 1.807) is 6.07 Å². The Hall–Kier alpha value is -2.30. The van der Waals surface area contributed by atoms with E-state index in [0.717, 1.165) is 29.2 Å². The van der Waals surface area contributed by atoms with Crippen molar-refractivity contribution >= 4 is 5.69 Å². The Morgan fingerprint density at radius 3 is 2.75 bits per heavy atom. The maximum Gasteiger partial charge on any atom is 0.212 e. The van der Waals surface area contributed by atoms with Crippen LogP contribution in [0.2, 0.25) is 0 Å². The van der Waals surface area contributed by atoms with Gasteiger partial charge in [0.25, 0.3) is 0 Å². The molecule has 5 heteroatoms. The molecule has 20 heavy (non-hydrogen) atoms. The molecule has 0 fully saturated rings. The number of hydrogen-bond acceptors (Lipinski definition) is 4.